The van der Waals surface area contributed by atoms with Crippen molar-refractivity contribution in [2.24, 2.45) is 5.41 Å². The van der Waals surface area contributed by atoms with Crippen molar-refractivity contribution in [2.75, 3.05) is 11.9 Å². The minimum absolute atomic E-state index is 0.299. The van der Waals surface area contributed by atoms with Gasteiger partial charge in [-0.3, -0.25) is 0 Å². The molecule has 5 heteroatoms. The van der Waals surface area contributed by atoms with Crippen LogP contribution in [0.25, 0.3) is 0 Å². The minimum Gasteiger partial charge on any atom is -0.407 e. The van der Waals surface area contributed by atoms with E-state index in [-0.39, 0.29) is 0 Å². The van der Waals surface area contributed by atoms with Crippen LogP contribution in [0.15, 0.2) is 4.42 Å². The van der Waals surface area contributed by atoms with Crippen molar-refractivity contribution in [2.45, 2.75) is 65.5 Å². The molecule has 0 bridgehead atoms. The van der Waals surface area contributed by atoms with E-state index in [1.165, 1.54) is 25.7 Å². The van der Waals surface area contributed by atoms with Crippen molar-refractivity contribution >= 4 is 6.01 Å². The Morgan fingerprint density at radius 3 is 2.89 bits per heavy atom. The van der Waals surface area contributed by atoms with Crippen LogP contribution in [0.2, 0.25) is 0 Å². The van der Waals surface area contributed by atoms with Crippen LogP contribution in [-0.2, 0) is 6.54 Å². The van der Waals surface area contributed by atoms with E-state index < -0.39 is 0 Å². The Labute approximate surface area is 115 Å². The molecule has 1 heterocycles. The van der Waals surface area contributed by atoms with Gasteiger partial charge in [0.2, 0.25) is 5.89 Å². The van der Waals surface area contributed by atoms with E-state index in [0.29, 0.717) is 29.9 Å². The molecule has 5 nitrogen and oxygen atoms in total. The summed E-state index contributed by atoms with van der Waals surface area (Å²) in [6.45, 7) is 8.38. The second kappa shape index (κ2) is 6.37. The molecular weight excluding hydrogens is 240 g/mol. The third-order valence-corrected chi connectivity index (χ3v) is 3.97. The summed E-state index contributed by atoms with van der Waals surface area (Å²) in [6.07, 6.45) is 6.14. The third kappa shape index (κ3) is 3.93. The van der Waals surface area contributed by atoms with E-state index in [0.717, 1.165) is 13.0 Å². The largest absolute Gasteiger partial charge is 0.407 e. The van der Waals surface area contributed by atoms with Crippen LogP contribution in [0.5, 0.6) is 0 Å². The normalized spacial score (nSPS) is 22.4. The Hall–Kier alpha value is -1.10. The lowest BCUT2D eigenvalue weighted by atomic mass is 9.73. The van der Waals surface area contributed by atoms with Gasteiger partial charge in [-0.25, -0.2) is 0 Å². The fourth-order valence-electron chi connectivity index (χ4n) is 2.67. The quantitative estimate of drug-likeness (QED) is 0.775. The topological polar surface area (TPSA) is 63.0 Å². The first-order valence-electron chi connectivity index (χ1n) is 7.41. The lowest BCUT2D eigenvalue weighted by Gasteiger charge is -2.38. The summed E-state index contributed by atoms with van der Waals surface area (Å²) in [4.78, 5) is 0. The molecule has 0 amide bonds. The molecule has 1 atom stereocenters. The monoisotopic (exact) mass is 266 g/mol. The van der Waals surface area contributed by atoms with Gasteiger partial charge in [-0.2, -0.15) is 0 Å². The summed E-state index contributed by atoms with van der Waals surface area (Å²) < 4.78 is 5.63. The van der Waals surface area contributed by atoms with E-state index in [9.17, 15) is 0 Å². The van der Waals surface area contributed by atoms with Gasteiger partial charge in [0.15, 0.2) is 0 Å². The Morgan fingerprint density at radius 2 is 2.16 bits per heavy atom. The lowest BCUT2D eigenvalue weighted by molar-refractivity contribution is 0.214. The molecule has 108 valence electrons. The molecule has 0 radical (unpaired) electrons. The predicted molar refractivity (Wildman–Crippen MR) is 76.0 cm³/mol. The zero-order valence-electron chi connectivity index (χ0n) is 12.3. The molecule has 0 aromatic carbocycles. The van der Waals surface area contributed by atoms with Gasteiger partial charge in [0.25, 0.3) is 0 Å². The summed E-state index contributed by atoms with van der Waals surface area (Å²) in [6, 6.07) is 0.992. The second-order valence-electron chi connectivity index (χ2n) is 6.11. The van der Waals surface area contributed by atoms with Gasteiger partial charge in [0.1, 0.15) is 0 Å². The highest BCUT2D eigenvalue weighted by molar-refractivity contribution is 5.21. The van der Waals surface area contributed by atoms with Gasteiger partial charge in [-0.05, 0) is 31.2 Å². The SMILES string of the molecule is CCCNCc1nnc(NC2CCCCC2(C)C)o1. The average molecular weight is 266 g/mol. The summed E-state index contributed by atoms with van der Waals surface area (Å²) in [5, 5.41) is 14.8. The number of aromatic nitrogens is 2. The van der Waals surface area contributed by atoms with Crippen molar-refractivity contribution in [3.8, 4) is 0 Å². The molecule has 1 aliphatic carbocycles. The maximum Gasteiger partial charge on any atom is 0.315 e. The number of nitrogens with zero attached hydrogens (tertiary/aromatic N) is 2. The number of rotatable bonds is 6. The maximum absolute atomic E-state index is 5.63. The molecule has 0 aliphatic heterocycles. The van der Waals surface area contributed by atoms with Gasteiger partial charge >= 0.3 is 6.01 Å². The Bertz CT molecular complexity index is 389. The lowest BCUT2D eigenvalue weighted by Crippen LogP contribution is -2.39. The molecule has 1 aromatic heterocycles. The first kappa shape index (κ1) is 14.3. The molecule has 19 heavy (non-hydrogen) atoms. The summed E-state index contributed by atoms with van der Waals surface area (Å²) in [5.74, 6) is 0.657. The zero-order valence-corrected chi connectivity index (χ0v) is 12.3. The average Bonchev–Trinajstić information content (AvgIpc) is 2.80. The van der Waals surface area contributed by atoms with Crippen molar-refractivity contribution in [1.29, 1.82) is 0 Å². The summed E-state index contributed by atoms with van der Waals surface area (Å²) >= 11 is 0. The first-order valence-corrected chi connectivity index (χ1v) is 7.41. The Balaban J connectivity index is 1.88. The number of hydrogen-bond donors (Lipinski definition) is 2. The van der Waals surface area contributed by atoms with E-state index in [4.69, 9.17) is 4.42 Å². The van der Waals surface area contributed by atoms with E-state index in [1.807, 2.05) is 0 Å². The van der Waals surface area contributed by atoms with Crippen LogP contribution in [0.3, 0.4) is 0 Å². The highest BCUT2D eigenvalue weighted by Gasteiger charge is 2.33. The van der Waals surface area contributed by atoms with Crippen LogP contribution in [0.4, 0.5) is 6.01 Å². The van der Waals surface area contributed by atoms with Crippen LogP contribution < -0.4 is 10.6 Å². The van der Waals surface area contributed by atoms with Crippen molar-refractivity contribution in [1.82, 2.24) is 15.5 Å². The number of anilines is 1. The third-order valence-electron chi connectivity index (χ3n) is 3.97. The fraction of sp³-hybridized carbons (Fsp3) is 0.857. The maximum atomic E-state index is 5.63. The Kier molecular flexibility index (Phi) is 4.80. The molecule has 1 saturated carbocycles. The van der Waals surface area contributed by atoms with Gasteiger partial charge in [-0.15, -0.1) is 5.10 Å². The summed E-state index contributed by atoms with van der Waals surface area (Å²) in [5.41, 5.74) is 0.299. The van der Waals surface area contributed by atoms with Crippen LogP contribution >= 0.6 is 0 Å². The minimum atomic E-state index is 0.299. The molecular formula is C14H26N4O. The van der Waals surface area contributed by atoms with E-state index in [1.54, 1.807) is 0 Å². The Morgan fingerprint density at radius 1 is 1.32 bits per heavy atom. The predicted octanol–water partition coefficient (Wildman–Crippen LogP) is 2.95. The molecule has 1 aromatic rings. The van der Waals surface area contributed by atoms with Gasteiger partial charge < -0.3 is 15.1 Å². The van der Waals surface area contributed by atoms with E-state index >= 15 is 0 Å². The molecule has 0 saturated heterocycles. The highest BCUT2D eigenvalue weighted by Crippen LogP contribution is 2.36. The molecule has 1 aliphatic rings. The van der Waals surface area contributed by atoms with Gasteiger partial charge in [0.05, 0.1) is 6.54 Å². The second-order valence-corrected chi connectivity index (χ2v) is 6.11. The molecule has 1 unspecified atom stereocenters. The zero-order chi connectivity index (χ0) is 13.7. The number of nitrogens with one attached hydrogen (secondary N) is 2. The van der Waals surface area contributed by atoms with Crippen molar-refractivity contribution in [3.63, 3.8) is 0 Å². The molecule has 0 spiro atoms. The van der Waals surface area contributed by atoms with Crippen LogP contribution in [-0.4, -0.2) is 22.8 Å². The highest BCUT2D eigenvalue weighted by atomic mass is 16.4. The number of hydrogen-bond acceptors (Lipinski definition) is 5. The smallest absolute Gasteiger partial charge is 0.315 e. The van der Waals surface area contributed by atoms with Gasteiger partial charge in [-0.1, -0.05) is 38.7 Å². The molecule has 2 rings (SSSR count). The standard InChI is InChI=1S/C14H26N4O/c1-4-9-15-10-12-17-18-13(19-12)16-11-7-5-6-8-14(11,2)3/h11,15H,4-10H2,1-3H3,(H,16,18). The van der Waals surface area contributed by atoms with Gasteiger partial charge in [0, 0.05) is 6.04 Å². The van der Waals surface area contributed by atoms with Crippen molar-refractivity contribution < 1.29 is 4.42 Å². The summed E-state index contributed by atoms with van der Waals surface area (Å²) in [7, 11) is 0. The van der Waals surface area contributed by atoms with Crippen LogP contribution in [0, 0.1) is 5.41 Å². The molecule has 2 N–H and O–H groups in total. The van der Waals surface area contributed by atoms with Crippen LogP contribution in [0.1, 0.15) is 58.8 Å². The molecule has 1 fully saturated rings. The van der Waals surface area contributed by atoms with E-state index in [2.05, 4.69) is 41.6 Å². The first-order chi connectivity index (χ1) is 9.12. The fourth-order valence-corrected chi connectivity index (χ4v) is 2.67. The van der Waals surface area contributed by atoms with Crippen molar-refractivity contribution in [3.05, 3.63) is 5.89 Å².